The van der Waals surface area contributed by atoms with Gasteiger partial charge in [-0.25, -0.2) is 18.7 Å². The standard InChI is InChI=1S/C12H5ClF2N2S/c13-10-9-1-2-18-12(9)17-11(16-10)6-3-7(14)5-8(15)4-6/h1-5H. The van der Waals surface area contributed by atoms with Crippen molar-refractivity contribution < 1.29 is 8.78 Å². The third-order valence-corrected chi connectivity index (χ3v) is 3.49. The molecule has 18 heavy (non-hydrogen) atoms. The average Bonchev–Trinajstić information content (AvgIpc) is 2.76. The number of hydrogen-bond acceptors (Lipinski definition) is 3. The molecule has 0 radical (unpaired) electrons. The second-order valence-corrected chi connectivity index (χ2v) is 4.89. The van der Waals surface area contributed by atoms with Gasteiger partial charge in [0.2, 0.25) is 0 Å². The number of nitrogens with zero attached hydrogens (tertiary/aromatic N) is 2. The van der Waals surface area contributed by atoms with Crippen LogP contribution in [0.4, 0.5) is 8.78 Å². The van der Waals surface area contributed by atoms with E-state index in [2.05, 4.69) is 9.97 Å². The molecule has 1 aromatic carbocycles. The predicted molar refractivity (Wildman–Crippen MR) is 67.8 cm³/mol. The zero-order chi connectivity index (χ0) is 12.7. The van der Waals surface area contributed by atoms with Gasteiger partial charge in [-0.3, -0.25) is 0 Å². The van der Waals surface area contributed by atoms with Crippen LogP contribution < -0.4 is 0 Å². The maximum atomic E-state index is 13.1. The van der Waals surface area contributed by atoms with E-state index in [1.54, 1.807) is 6.07 Å². The van der Waals surface area contributed by atoms with E-state index in [0.717, 1.165) is 11.5 Å². The van der Waals surface area contributed by atoms with E-state index >= 15 is 0 Å². The number of benzene rings is 1. The molecule has 0 aliphatic rings. The van der Waals surface area contributed by atoms with Gasteiger partial charge in [-0.2, -0.15) is 0 Å². The molecule has 2 aromatic heterocycles. The van der Waals surface area contributed by atoms with E-state index in [-0.39, 0.29) is 16.5 Å². The molecule has 0 N–H and O–H groups in total. The number of rotatable bonds is 1. The highest BCUT2D eigenvalue weighted by molar-refractivity contribution is 7.16. The molecule has 0 atom stereocenters. The van der Waals surface area contributed by atoms with Gasteiger partial charge in [0.25, 0.3) is 0 Å². The third-order valence-electron chi connectivity index (χ3n) is 2.40. The molecule has 0 spiro atoms. The Bertz CT molecular complexity index is 722. The molecule has 3 aromatic rings. The van der Waals surface area contributed by atoms with Gasteiger partial charge in [-0.15, -0.1) is 11.3 Å². The summed E-state index contributed by atoms with van der Waals surface area (Å²) < 4.78 is 26.3. The van der Waals surface area contributed by atoms with Crippen LogP contribution in [0.2, 0.25) is 5.15 Å². The summed E-state index contributed by atoms with van der Waals surface area (Å²) in [5, 5.41) is 2.85. The van der Waals surface area contributed by atoms with Crippen LogP contribution in [-0.2, 0) is 0 Å². The quantitative estimate of drug-likeness (QED) is 0.622. The molecule has 0 bridgehead atoms. The van der Waals surface area contributed by atoms with Gasteiger partial charge in [0.1, 0.15) is 21.6 Å². The zero-order valence-corrected chi connectivity index (χ0v) is 10.4. The van der Waals surface area contributed by atoms with E-state index in [1.165, 1.54) is 23.5 Å². The Morgan fingerprint density at radius 2 is 1.78 bits per heavy atom. The Morgan fingerprint density at radius 1 is 1.06 bits per heavy atom. The largest absolute Gasteiger partial charge is 0.217 e. The second-order valence-electron chi connectivity index (χ2n) is 3.64. The molecule has 0 amide bonds. The highest BCUT2D eigenvalue weighted by Crippen LogP contribution is 2.28. The first-order valence-electron chi connectivity index (χ1n) is 5.01. The van der Waals surface area contributed by atoms with Crippen molar-refractivity contribution in [2.45, 2.75) is 0 Å². The minimum atomic E-state index is -0.670. The van der Waals surface area contributed by atoms with Crippen molar-refractivity contribution in [2.24, 2.45) is 0 Å². The van der Waals surface area contributed by atoms with Crippen LogP contribution in [0.15, 0.2) is 29.6 Å². The van der Waals surface area contributed by atoms with E-state index < -0.39 is 11.6 Å². The molecule has 0 fully saturated rings. The van der Waals surface area contributed by atoms with Gasteiger partial charge in [-0.05, 0) is 23.6 Å². The van der Waals surface area contributed by atoms with Crippen molar-refractivity contribution in [3.63, 3.8) is 0 Å². The summed E-state index contributed by atoms with van der Waals surface area (Å²) >= 11 is 7.40. The van der Waals surface area contributed by atoms with Crippen LogP contribution in [-0.4, -0.2) is 9.97 Å². The lowest BCUT2D eigenvalue weighted by Crippen LogP contribution is -1.91. The lowest BCUT2D eigenvalue weighted by Gasteiger charge is -2.02. The van der Waals surface area contributed by atoms with Gasteiger partial charge in [0, 0.05) is 17.0 Å². The average molecular weight is 283 g/mol. The highest BCUT2D eigenvalue weighted by Gasteiger charge is 2.10. The van der Waals surface area contributed by atoms with Crippen LogP contribution in [0.1, 0.15) is 0 Å². The van der Waals surface area contributed by atoms with Crippen molar-refractivity contribution in [3.05, 3.63) is 46.4 Å². The molecule has 0 saturated heterocycles. The molecular weight excluding hydrogens is 278 g/mol. The van der Waals surface area contributed by atoms with Gasteiger partial charge in [0.05, 0.1) is 0 Å². The number of halogens is 3. The first kappa shape index (κ1) is 11.5. The lowest BCUT2D eigenvalue weighted by atomic mass is 10.2. The van der Waals surface area contributed by atoms with Gasteiger partial charge in [0.15, 0.2) is 5.82 Å². The smallest absolute Gasteiger partial charge is 0.162 e. The van der Waals surface area contributed by atoms with Gasteiger partial charge >= 0.3 is 0 Å². The summed E-state index contributed by atoms with van der Waals surface area (Å²) in [6, 6.07) is 4.95. The predicted octanol–water partition coefficient (Wildman–Crippen LogP) is 4.29. The number of hydrogen-bond donors (Lipinski definition) is 0. The monoisotopic (exact) mass is 282 g/mol. The van der Waals surface area contributed by atoms with Crippen molar-refractivity contribution in [1.29, 1.82) is 0 Å². The highest BCUT2D eigenvalue weighted by atomic mass is 35.5. The van der Waals surface area contributed by atoms with Crippen molar-refractivity contribution in [2.75, 3.05) is 0 Å². The number of thiophene rings is 1. The summed E-state index contributed by atoms with van der Waals surface area (Å²) in [5.74, 6) is -1.12. The summed E-state index contributed by atoms with van der Waals surface area (Å²) in [7, 11) is 0. The van der Waals surface area contributed by atoms with E-state index in [0.29, 0.717) is 4.83 Å². The summed E-state index contributed by atoms with van der Waals surface area (Å²) in [5.41, 5.74) is 0.268. The SMILES string of the molecule is Fc1cc(F)cc(-c2nc(Cl)c3ccsc3n2)c1. The Balaban J connectivity index is 2.24. The minimum Gasteiger partial charge on any atom is -0.217 e. The summed E-state index contributed by atoms with van der Waals surface area (Å²) in [6.07, 6.45) is 0. The first-order chi connectivity index (χ1) is 8.63. The normalized spacial score (nSPS) is 11.1. The molecule has 2 heterocycles. The Morgan fingerprint density at radius 3 is 2.50 bits per heavy atom. The van der Waals surface area contributed by atoms with Crippen molar-refractivity contribution in [1.82, 2.24) is 9.97 Å². The molecule has 6 heteroatoms. The maximum Gasteiger partial charge on any atom is 0.162 e. The zero-order valence-electron chi connectivity index (χ0n) is 8.82. The van der Waals surface area contributed by atoms with Gasteiger partial charge < -0.3 is 0 Å². The fourth-order valence-corrected chi connectivity index (χ4v) is 2.68. The van der Waals surface area contributed by atoms with Crippen LogP contribution in [0.3, 0.4) is 0 Å². The Labute approximate surface area is 110 Å². The summed E-state index contributed by atoms with van der Waals surface area (Å²) in [6.45, 7) is 0. The molecular formula is C12H5ClF2N2S. The molecule has 0 aliphatic carbocycles. The number of fused-ring (bicyclic) bond motifs is 1. The number of aromatic nitrogens is 2. The van der Waals surface area contributed by atoms with E-state index in [9.17, 15) is 8.78 Å². The Kier molecular flexibility index (Phi) is 2.72. The fraction of sp³-hybridized carbons (Fsp3) is 0. The third kappa shape index (κ3) is 1.95. The van der Waals surface area contributed by atoms with E-state index in [1.807, 2.05) is 5.38 Å². The van der Waals surface area contributed by atoms with Crippen molar-refractivity contribution >= 4 is 33.2 Å². The Hall–Kier alpha value is -1.59. The van der Waals surface area contributed by atoms with Crippen LogP contribution in [0.5, 0.6) is 0 Å². The molecule has 90 valence electrons. The van der Waals surface area contributed by atoms with Crippen LogP contribution >= 0.6 is 22.9 Å². The minimum absolute atomic E-state index is 0.216. The topological polar surface area (TPSA) is 25.8 Å². The molecule has 2 nitrogen and oxygen atoms in total. The lowest BCUT2D eigenvalue weighted by molar-refractivity contribution is 0.584. The second kappa shape index (κ2) is 4.26. The fourth-order valence-electron chi connectivity index (χ4n) is 1.63. The summed E-state index contributed by atoms with van der Waals surface area (Å²) in [4.78, 5) is 8.98. The molecule has 0 saturated carbocycles. The van der Waals surface area contributed by atoms with Crippen LogP contribution in [0.25, 0.3) is 21.6 Å². The molecule has 3 rings (SSSR count). The van der Waals surface area contributed by atoms with Crippen LogP contribution in [0, 0.1) is 11.6 Å². The molecule has 0 unspecified atom stereocenters. The maximum absolute atomic E-state index is 13.1. The van der Waals surface area contributed by atoms with E-state index in [4.69, 9.17) is 11.6 Å². The first-order valence-corrected chi connectivity index (χ1v) is 6.26. The molecule has 0 aliphatic heterocycles. The van der Waals surface area contributed by atoms with Gasteiger partial charge in [-0.1, -0.05) is 11.6 Å². The van der Waals surface area contributed by atoms with Crippen molar-refractivity contribution in [3.8, 4) is 11.4 Å².